The smallest absolute Gasteiger partial charge is 0.341 e. The zero-order valence-corrected chi connectivity index (χ0v) is 15.2. The summed E-state index contributed by atoms with van der Waals surface area (Å²) in [6, 6.07) is 10.8. The molecule has 8 heteroatoms. The third-order valence-corrected chi connectivity index (χ3v) is 3.84. The second-order valence-electron chi connectivity index (χ2n) is 5.76. The normalized spacial score (nSPS) is 10.4. The molecule has 1 amide bonds. The van der Waals surface area contributed by atoms with E-state index in [2.05, 4.69) is 10.1 Å². The van der Waals surface area contributed by atoms with E-state index in [9.17, 15) is 14.4 Å². The molecule has 1 N–H and O–H groups in total. The summed E-state index contributed by atoms with van der Waals surface area (Å²) in [4.78, 5) is 35.6. The van der Waals surface area contributed by atoms with Gasteiger partial charge in [0.05, 0.1) is 18.9 Å². The predicted octanol–water partition coefficient (Wildman–Crippen LogP) is 3.58. The van der Waals surface area contributed by atoms with Crippen molar-refractivity contribution in [2.45, 2.75) is 13.5 Å². The minimum absolute atomic E-state index is 0.131. The van der Waals surface area contributed by atoms with Gasteiger partial charge in [-0.15, -0.1) is 0 Å². The van der Waals surface area contributed by atoms with Crippen molar-refractivity contribution in [1.82, 2.24) is 0 Å². The molecular formula is C20H17NO7. The van der Waals surface area contributed by atoms with Crippen LogP contribution < -0.4 is 5.32 Å². The van der Waals surface area contributed by atoms with Gasteiger partial charge in [-0.25, -0.2) is 9.59 Å². The van der Waals surface area contributed by atoms with Gasteiger partial charge in [-0.3, -0.25) is 4.79 Å². The maximum atomic E-state index is 12.2. The Hall–Kier alpha value is -3.81. The number of carbonyl (C=O) groups excluding carboxylic acids is 3. The molecular weight excluding hydrogens is 366 g/mol. The first-order chi connectivity index (χ1) is 13.5. The summed E-state index contributed by atoms with van der Waals surface area (Å²) < 4.78 is 20.2. The Balaban J connectivity index is 1.57. The van der Waals surface area contributed by atoms with E-state index in [1.54, 1.807) is 31.2 Å². The maximum absolute atomic E-state index is 12.2. The number of amides is 1. The number of aryl methyl sites for hydroxylation is 1. The highest BCUT2D eigenvalue weighted by atomic mass is 16.5. The van der Waals surface area contributed by atoms with Crippen molar-refractivity contribution >= 4 is 23.5 Å². The minimum Gasteiger partial charge on any atom is -0.465 e. The Morgan fingerprint density at radius 2 is 1.82 bits per heavy atom. The molecule has 8 nitrogen and oxygen atoms in total. The molecule has 0 aliphatic heterocycles. The summed E-state index contributed by atoms with van der Waals surface area (Å²) in [7, 11) is 1.27. The number of esters is 2. The first-order valence-electron chi connectivity index (χ1n) is 8.27. The van der Waals surface area contributed by atoms with E-state index in [-0.39, 0.29) is 17.9 Å². The second kappa shape index (κ2) is 8.26. The Bertz CT molecular complexity index is 984. The van der Waals surface area contributed by atoms with Crippen molar-refractivity contribution in [3.63, 3.8) is 0 Å². The molecule has 0 fully saturated rings. The van der Waals surface area contributed by atoms with Gasteiger partial charge in [0, 0.05) is 5.69 Å². The summed E-state index contributed by atoms with van der Waals surface area (Å²) in [6.07, 6.45) is 1.41. The van der Waals surface area contributed by atoms with Crippen LogP contribution in [0.1, 0.15) is 42.8 Å². The number of rotatable bonds is 6. The molecule has 0 aliphatic carbocycles. The first kappa shape index (κ1) is 19.0. The number of furan rings is 2. The molecule has 0 aliphatic rings. The van der Waals surface area contributed by atoms with Crippen molar-refractivity contribution in [2.75, 3.05) is 12.4 Å². The van der Waals surface area contributed by atoms with Crippen LogP contribution in [0.25, 0.3) is 0 Å². The minimum atomic E-state index is -0.572. The Morgan fingerprint density at radius 3 is 2.46 bits per heavy atom. The maximum Gasteiger partial charge on any atom is 0.341 e. The molecule has 28 heavy (non-hydrogen) atoms. The molecule has 0 saturated carbocycles. The number of nitrogens with one attached hydrogen (secondary N) is 1. The van der Waals surface area contributed by atoms with Gasteiger partial charge in [0.25, 0.3) is 5.91 Å². The number of carbonyl (C=O) groups is 3. The number of anilines is 1. The highest BCUT2D eigenvalue weighted by Crippen LogP contribution is 2.18. The van der Waals surface area contributed by atoms with Crippen molar-refractivity contribution in [2.24, 2.45) is 0 Å². The van der Waals surface area contributed by atoms with Crippen LogP contribution in [0.15, 0.2) is 57.6 Å². The predicted molar refractivity (Wildman–Crippen MR) is 97.0 cm³/mol. The fourth-order valence-electron chi connectivity index (χ4n) is 2.44. The molecule has 0 unspecified atom stereocenters. The molecule has 0 spiro atoms. The van der Waals surface area contributed by atoms with Crippen molar-refractivity contribution in [3.05, 3.63) is 77.1 Å². The van der Waals surface area contributed by atoms with Gasteiger partial charge in [0.2, 0.25) is 0 Å². The molecule has 144 valence electrons. The molecule has 3 aromatic rings. The first-order valence-corrected chi connectivity index (χ1v) is 8.27. The van der Waals surface area contributed by atoms with Gasteiger partial charge in [-0.05, 0) is 49.4 Å². The summed E-state index contributed by atoms with van der Waals surface area (Å²) in [5, 5.41) is 2.65. The highest BCUT2D eigenvalue weighted by molar-refractivity contribution is 6.02. The topological polar surface area (TPSA) is 108 Å². The lowest BCUT2D eigenvalue weighted by atomic mass is 10.2. The van der Waals surface area contributed by atoms with E-state index in [1.807, 2.05) is 0 Å². The highest BCUT2D eigenvalue weighted by Gasteiger charge is 2.17. The van der Waals surface area contributed by atoms with Crippen molar-refractivity contribution in [1.29, 1.82) is 0 Å². The lowest BCUT2D eigenvalue weighted by Crippen LogP contribution is -2.11. The number of hydrogen-bond donors (Lipinski definition) is 1. The van der Waals surface area contributed by atoms with Crippen molar-refractivity contribution in [3.8, 4) is 0 Å². The number of benzene rings is 1. The van der Waals surface area contributed by atoms with E-state index < -0.39 is 17.8 Å². The lowest BCUT2D eigenvalue weighted by molar-refractivity contribution is 0.0444. The van der Waals surface area contributed by atoms with Crippen LogP contribution in [-0.4, -0.2) is 25.0 Å². The van der Waals surface area contributed by atoms with Crippen LogP contribution in [0.2, 0.25) is 0 Å². The summed E-state index contributed by atoms with van der Waals surface area (Å²) in [6.45, 7) is 1.49. The van der Waals surface area contributed by atoms with Gasteiger partial charge in [0.1, 0.15) is 23.7 Å². The fraction of sp³-hybridized carbons (Fsp3) is 0.150. The Kier molecular flexibility index (Phi) is 5.59. The molecule has 0 radical (unpaired) electrons. The van der Waals surface area contributed by atoms with E-state index in [1.165, 1.54) is 31.6 Å². The average Bonchev–Trinajstić information content (AvgIpc) is 3.36. The van der Waals surface area contributed by atoms with Crippen LogP contribution >= 0.6 is 0 Å². The third kappa shape index (κ3) is 4.29. The molecule has 1 aromatic carbocycles. The molecule has 0 atom stereocenters. The average molecular weight is 383 g/mol. The monoisotopic (exact) mass is 383 g/mol. The van der Waals surface area contributed by atoms with Crippen LogP contribution in [0.3, 0.4) is 0 Å². The van der Waals surface area contributed by atoms with Crippen LogP contribution in [0.4, 0.5) is 5.69 Å². The quantitative estimate of drug-likeness (QED) is 0.648. The van der Waals surface area contributed by atoms with E-state index in [0.29, 0.717) is 22.8 Å². The molecule has 2 aromatic heterocycles. The van der Waals surface area contributed by atoms with Crippen LogP contribution in [0, 0.1) is 6.92 Å². The summed E-state index contributed by atoms with van der Waals surface area (Å²) >= 11 is 0. The van der Waals surface area contributed by atoms with Gasteiger partial charge in [-0.1, -0.05) is 0 Å². The standard InChI is InChI=1S/C20H17NO7/c1-12-16(20(24)25-2)10-15(28-12)11-27-19(23)13-5-7-14(8-6-13)21-18(22)17-4-3-9-26-17/h3-10H,11H2,1-2H3,(H,21,22). The van der Waals surface area contributed by atoms with Crippen molar-refractivity contribution < 1.29 is 32.7 Å². The number of hydrogen-bond acceptors (Lipinski definition) is 7. The van der Waals surface area contributed by atoms with E-state index >= 15 is 0 Å². The fourth-order valence-corrected chi connectivity index (χ4v) is 2.44. The summed E-state index contributed by atoms with van der Waals surface area (Å²) in [5.41, 5.74) is 1.08. The second-order valence-corrected chi connectivity index (χ2v) is 5.76. The number of ether oxygens (including phenoxy) is 2. The zero-order chi connectivity index (χ0) is 20.1. The lowest BCUT2D eigenvalue weighted by Gasteiger charge is -2.05. The van der Waals surface area contributed by atoms with Crippen LogP contribution in [0.5, 0.6) is 0 Å². The Morgan fingerprint density at radius 1 is 1.07 bits per heavy atom. The molecule has 0 saturated heterocycles. The van der Waals surface area contributed by atoms with E-state index in [0.717, 1.165) is 0 Å². The molecule has 3 rings (SSSR count). The van der Waals surface area contributed by atoms with Gasteiger partial charge >= 0.3 is 11.9 Å². The summed E-state index contributed by atoms with van der Waals surface area (Å²) in [5.74, 6) is -0.592. The third-order valence-electron chi connectivity index (χ3n) is 3.84. The van der Waals surface area contributed by atoms with Gasteiger partial charge in [0.15, 0.2) is 5.76 Å². The SMILES string of the molecule is COC(=O)c1cc(COC(=O)c2ccc(NC(=O)c3ccco3)cc2)oc1C. The largest absolute Gasteiger partial charge is 0.465 e. The van der Waals surface area contributed by atoms with Gasteiger partial charge in [-0.2, -0.15) is 0 Å². The van der Waals surface area contributed by atoms with Crippen LogP contribution in [-0.2, 0) is 16.1 Å². The number of methoxy groups -OCH3 is 1. The Labute approximate surface area is 160 Å². The molecule has 2 heterocycles. The van der Waals surface area contributed by atoms with Gasteiger partial charge < -0.3 is 23.6 Å². The van der Waals surface area contributed by atoms with E-state index in [4.69, 9.17) is 13.6 Å². The zero-order valence-electron chi connectivity index (χ0n) is 15.2. The molecule has 0 bridgehead atoms.